The van der Waals surface area contributed by atoms with Gasteiger partial charge in [0.15, 0.2) is 4.80 Å². The highest BCUT2D eigenvalue weighted by Gasteiger charge is 2.33. The van der Waals surface area contributed by atoms with Crippen LogP contribution < -0.4 is 19.8 Å². The minimum Gasteiger partial charge on any atom is -0.463 e. The third kappa shape index (κ3) is 4.76. The summed E-state index contributed by atoms with van der Waals surface area (Å²) in [6.07, 6.45) is 1.93. The van der Waals surface area contributed by atoms with Crippen LogP contribution in [0.4, 0.5) is 5.69 Å². The third-order valence-corrected chi connectivity index (χ3v) is 8.00. The molecule has 4 aromatic rings. The summed E-state index contributed by atoms with van der Waals surface area (Å²) in [7, 11) is 3.95. The summed E-state index contributed by atoms with van der Waals surface area (Å²) in [5.74, 6) is -0.457. The molecule has 2 aromatic heterocycles. The zero-order valence-electron chi connectivity index (χ0n) is 23.1. The SMILES string of the molecule is CCOC(=O)C1=C(C)N=c2s/c(=C/c3cc(C)n(-c4ccccc4)c3C)c(=O)n2[C@@H]1c1ccc(N(C)C)cc1. The number of rotatable bonds is 6. The predicted molar refractivity (Wildman–Crippen MR) is 156 cm³/mol. The number of carbonyl (C=O) groups is 1. The lowest BCUT2D eigenvalue weighted by Gasteiger charge is -2.25. The summed E-state index contributed by atoms with van der Waals surface area (Å²) in [6, 6.07) is 19.5. The first-order chi connectivity index (χ1) is 18.7. The molecule has 39 heavy (non-hydrogen) atoms. The van der Waals surface area contributed by atoms with Crippen LogP contribution in [0.3, 0.4) is 0 Å². The van der Waals surface area contributed by atoms with Gasteiger partial charge in [0.2, 0.25) is 0 Å². The minimum absolute atomic E-state index is 0.181. The van der Waals surface area contributed by atoms with E-state index in [0.717, 1.165) is 33.9 Å². The number of anilines is 1. The van der Waals surface area contributed by atoms with E-state index in [1.807, 2.05) is 67.5 Å². The maximum Gasteiger partial charge on any atom is 0.338 e. The number of hydrogen-bond donors (Lipinski definition) is 0. The average molecular weight is 541 g/mol. The molecule has 0 saturated heterocycles. The molecular formula is C31H32N4O3S. The Morgan fingerprint density at radius 3 is 2.41 bits per heavy atom. The Kier molecular flexibility index (Phi) is 7.14. The Labute approximate surface area is 231 Å². The van der Waals surface area contributed by atoms with E-state index in [2.05, 4.69) is 36.6 Å². The number of allylic oxidation sites excluding steroid dienone is 1. The molecule has 0 amide bonds. The lowest BCUT2D eigenvalue weighted by Crippen LogP contribution is -2.40. The molecule has 1 aliphatic rings. The highest BCUT2D eigenvalue weighted by molar-refractivity contribution is 7.07. The topological polar surface area (TPSA) is 68.8 Å². The van der Waals surface area contributed by atoms with Crippen LogP contribution in [0.15, 0.2) is 81.7 Å². The van der Waals surface area contributed by atoms with E-state index in [1.165, 1.54) is 11.3 Å². The molecule has 0 saturated carbocycles. The van der Waals surface area contributed by atoms with Gasteiger partial charge in [0, 0.05) is 36.9 Å². The van der Waals surface area contributed by atoms with Gasteiger partial charge in [-0.25, -0.2) is 9.79 Å². The summed E-state index contributed by atoms with van der Waals surface area (Å²) < 4.78 is 9.79. The standard InChI is InChI=1S/C31H32N4O3S/c1-7-38-30(37)27-20(3)32-31-35(28(27)22-13-15-24(16-14-22)33(5)6)29(36)26(39-31)18-23-17-19(2)34(21(23)4)25-11-9-8-10-12-25/h8-18,28H,7H2,1-6H3/b26-18+/t28-/m1/s1. The Bertz CT molecular complexity index is 1760. The summed E-state index contributed by atoms with van der Waals surface area (Å²) >= 11 is 1.34. The Hall–Kier alpha value is -4.17. The van der Waals surface area contributed by atoms with Crippen molar-refractivity contribution in [1.29, 1.82) is 0 Å². The summed E-state index contributed by atoms with van der Waals surface area (Å²) in [6.45, 7) is 7.93. The quantitative estimate of drug-likeness (QED) is 0.343. The number of aryl methyl sites for hydroxylation is 1. The van der Waals surface area contributed by atoms with Crippen molar-refractivity contribution in [3.63, 3.8) is 0 Å². The van der Waals surface area contributed by atoms with Crippen LogP contribution in [-0.4, -0.2) is 35.8 Å². The number of ether oxygens (including phenoxy) is 1. The van der Waals surface area contributed by atoms with E-state index in [0.29, 0.717) is 20.6 Å². The van der Waals surface area contributed by atoms with Crippen LogP contribution in [-0.2, 0) is 9.53 Å². The van der Waals surface area contributed by atoms with Gasteiger partial charge >= 0.3 is 5.97 Å². The molecule has 0 aliphatic carbocycles. The maximum absolute atomic E-state index is 14.0. The van der Waals surface area contributed by atoms with Crippen LogP contribution in [0.2, 0.25) is 0 Å². The monoisotopic (exact) mass is 540 g/mol. The average Bonchev–Trinajstić information content (AvgIpc) is 3.37. The molecule has 0 N–H and O–H groups in total. The summed E-state index contributed by atoms with van der Waals surface area (Å²) in [4.78, 5) is 34.4. The van der Waals surface area contributed by atoms with Crippen molar-refractivity contribution < 1.29 is 9.53 Å². The van der Waals surface area contributed by atoms with E-state index in [9.17, 15) is 9.59 Å². The van der Waals surface area contributed by atoms with Crippen LogP contribution in [0.5, 0.6) is 0 Å². The van der Waals surface area contributed by atoms with E-state index < -0.39 is 12.0 Å². The second-order valence-electron chi connectivity index (χ2n) is 9.79. The van der Waals surface area contributed by atoms with Crippen molar-refractivity contribution >= 4 is 29.1 Å². The first-order valence-corrected chi connectivity index (χ1v) is 13.7. The smallest absolute Gasteiger partial charge is 0.338 e. The second-order valence-corrected chi connectivity index (χ2v) is 10.8. The maximum atomic E-state index is 14.0. The zero-order valence-corrected chi connectivity index (χ0v) is 23.9. The molecule has 0 bridgehead atoms. The fraction of sp³-hybridized carbons (Fsp3) is 0.258. The molecule has 0 radical (unpaired) electrons. The Morgan fingerprint density at radius 1 is 1.08 bits per heavy atom. The molecule has 0 unspecified atom stereocenters. The molecule has 1 aliphatic heterocycles. The molecule has 0 fully saturated rings. The number of esters is 1. The van der Waals surface area contributed by atoms with Gasteiger partial charge in [-0.3, -0.25) is 9.36 Å². The van der Waals surface area contributed by atoms with Gasteiger partial charge in [-0.15, -0.1) is 0 Å². The fourth-order valence-electron chi connectivity index (χ4n) is 5.11. The van der Waals surface area contributed by atoms with Gasteiger partial charge in [0.25, 0.3) is 5.56 Å². The second kappa shape index (κ2) is 10.5. The normalized spacial score (nSPS) is 15.2. The Balaban J connectivity index is 1.69. The summed E-state index contributed by atoms with van der Waals surface area (Å²) in [5.41, 5.74) is 6.78. The van der Waals surface area contributed by atoms with Crippen LogP contribution in [0, 0.1) is 13.8 Å². The summed E-state index contributed by atoms with van der Waals surface area (Å²) in [5, 5.41) is 0. The van der Waals surface area contributed by atoms with Gasteiger partial charge in [0.1, 0.15) is 0 Å². The number of carbonyl (C=O) groups excluding carboxylic acids is 1. The molecular weight excluding hydrogens is 508 g/mol. The molecule has 0 spiro atoms. The van der Waals surface area contributed by atoms with Crippen LogP contribution in [0.1, 0.15) is 42.4 Å². The Morgan fingerprint density at radius 2 is 1.77 bits per heavy atom. The number of benzene rings is 2. The van der Waals surface area contributed by atoms with Crippen LogP contribution >= 0.6 is 11.3 Å². The molecule has 5 rings (SSSR count). The van der Waals surface area contributed by atoms with E-state index in [4.69, 9.17) is 9.73 Å². The number of nitrogens with zero attached hydrogens (tertiary/aromatic N) is 4. The van der Waals surface area contributed by atoms with Crippen molar-refractivity contribution in [2.75, 3.05) is 25.6 Å². The molecule has 2 aromatic carbocycles. The molecule has 200 valence electrons. The van der Waals surface area contributed by atoms with Gasteiger partial charge in [0.05, 0.1) is 28.5 Å². The highest BCUT2D eigenvalue weighted by atomic mass is 32.1. The van der Waals surface area contributed by atoms with E-state index >= 15 is 0 Å². The number of aromatic nitrogens is 2. The van der Waals surface area contributed by atoms with Crippen molar-refractivity contribution in [3.8, 4) is 5.69 Å². The van der Waals surface area contributed by atoms with Crippen molar-refractivity contribution in [2.45, 2.75) is 33.7 Å². The number of para-hydroxylation sites is 1. The minimum atomic E-state index is -0.629. The number of hydrogen-bond acceptors (Lipinski definition) is 6. The van der Waals surface area contributed by atoms with E-state index in [1.54, 1.807) is 18.4 Å². The lowest BCUT2D eigenvalue weighted by atomic mass is 9.95. The lowest BCUT2D eigenvalue weighted by molar-refractivity contribution is -0.139. The predicted octanol–water partition coefficient (Wildman–Crippen LogP) is 4.27. The van der Waals surface area contributed by atoms with Gasteiger partial charge in [-0.2, -0.15) is 0 Å². The van der Waals surface area contributed by atoms with Crippen LogP contribution in [0.25, 0.3) is 11.8 Å². The number of thiazole rings is 1. The highest BCUT2D eigenvalue weighted by Crippen LogP contribution is 2.31. The fourth-order valence-corrected chi connectivity index (χ4v) is 6.15. The van der Waals surface area contributed by atoms with Gasteiger partial charge in [-0.1, -0.05) is 41.7 Å². The first kappa shape index (κ1) is 26.4. The van der Waals surface area contributed by atoms with Crippen molar-refractivity contribution in [3.05, 3.63) is 114 Å². The molecule has 1 atom stereocenters. The molecule has 8 heteroatoms. The molecule has 7 nitrogen and oxygen atoms in total. The number of fused-ring (bicyclic) bond motifs is 1. The van der Waals surface area contributed by atoms with Gasteiger partial charge in [-0.05, 0) is 75.2 Å². The zero-order chi connectivity index (χ0) is 27.8. The largest absolute Gasteiger partial charge is 0.463 e. The third-order valence-electron chi connectivity index (χ3n) is 7.01. The first-order valence-electron chi connectivity index (χ1n) is 12.9. The van der Waals surface area contributed by atoms with Gasteiger partial charge < -0.3 is 14.2 Å². The molecule has 3 heterocycles. The van der Waals surface area contributed by atoms with E-state index in [-0.39, 0.29) is 12.2 Å². The van der Waals surface area contributed by atoms with Crippen molar-refractivity contribution in [1.82, 2.24) is 9.13 Å². The van der Waals surface area contributed by atoms with Crippen molar-refractivity contribution in [2.24, 2.45) is 4.99 Å².